The Kier molecular flexibility index (Phi) is 7.29. The minimum Gasteiger partial charge on any atom is -0.495 e. The molecule has 178 valence electrons. The molecule has 0 spiro atoms. The molecule has 0 aromatic heterocycles. The number of amides is 1. The van der Waals surface area contributed by atoms with Gasteiger partial charge in [0.2, 0.25) is 10.0 Å². The molecule has 0 radical (unpaired) electrons. The predicted molar refractivity (Wildman–Crippen MR) is 137 cm³/mol. The fourth-order valence-corrected chi connectivity index (χ4v) is 4.93. The Morgan fingerprint density at radius 1 is 0.800 bits per heavy atom. The highest BCUT2D eigenvalue weighted by Gasteiger charge is 2.24. The monoisotopic (exact) mass is 486 g/mol. The zero-order valence-electron chi connectivity index (χ0n) is 19.4. The second-order valence-electron chi connectivity index (χ2n) is 8.06. The van der Waals surface area contributed by atoms with Crippen LogP contribution < -0.4 is 14.8 Å². The molecular formula is C28H26N2O4S. The standard InChI is InChI=1S/C28H26N2O4S/c1-20-13-15-23(16-14-20)28(31)29-25-19-24(17-18-26(25)34-2)35(32,33)30-27(21-9-5-3-6-10-21)22-11-7-4-8-12-22/h3-19,27,30H,1-2H3,(H,29,31). The summed E-state index contributed by atoms with van der Waals surface area (Å²) in [4.78, 5) is 12.8. The smallest absolute Gasteiger partial charge is 0.255 e. The van der Waals surface area contributed by atoms with Crippen LogP contribution in [-0.2, 0) is 10.0 Å². The average Bonchev–Trinajstić information content (AvgIpc) is 2.88. The van der Waals surface area contributed by atoms with Gasteiger partial charge in [0, 0.05) is 5.56 Å². The van der Waals surface area contributed by atoms with E-state index in [9.17, 15) is 13.2 Å². The molecule has 0 atom stereocenters. The largest absolute Gasteiger partial charge is 0.495 e. The molecule has 0 fully saturated rings. The minimum atomic E-state index is -3.97. The van der Waals surface area contributed by atoms with Crippen LogP contribution in [0.3, 0.4) is 0 Å². The summed E-state index contributed by atoms with van der Waals surface area (Å²) >= 11 is 0. The second-order valence-corrected chi connectivity index (χ2v) is 9.77. The molecule has 4 aromatic rings. The summed E-state index contributed by atoms with van der Waals surface area (Å²) in [6.45, 7) is 1.93. The molecular weight excluding hydrogens is 460 g/mol. The lowest BCUT2D eigenvalue weighted by molar-refractivity contribution is 0.102. The van der Waals surface area contributed by atoms with E-state index in [-0.39, 0.29) is 16.5 Å². The number of hydrogen-bond acceptors (Lipinski definition) is 4. The summed E-state index contributed by atoms with van der Waals surface area (Å²) < 4.78 is 35.1. The maximum absolute atomic E-state index is 13.5. The Morgan fingerprint density at radius 3 is 1.91 bits per heavy atom. The van der Waals surface area contributed by atoms with Crippen molar-refractivity contribution in [1.29, 1.82) is 0 Å². The van der Waals surface area contributed by atoms with Gasteiger partial charge in [-0.25, -0.2) is 8.42 Å². The molecule has 7 heteroatoms. The highest BCUT2D eigenvalue weighted by molar-refractivity contribution is 7.89. The molecule has 0 saturated heterocycles. The number of carbonyl (C=O) groups is 1. The zero-order chi connectivity index (χ0) is 24.8. The average molecular weight is 487 g/mol. The van der Waals surface area contributed by atoms with Crippen LogP contribution in [0.15, 0.2) is 108 Å². The van der Waals surface area contributed by atoms with Gasteiger partial charge in [0.1, 0.15) is 5.75 Å². The van der Waals surface area contributed by atoms with Gasteiger partial charge in [0.25, 0.3) is 5.91 Å². The van der Waals surface area contributed by atoms with Crippen molar-refractivity contribution in [3.05, 3.63) is 125 Å². The second kappa shape index (κ2) is 10.5. The molecule has 1 amide bonds. The third kappa shape index (κ3) is 5.77. The molecule has 0 aliphatic heterocycles. The lowest BCUT2D eigenvalue weighted by atomic mass is 10.00. The van der Waals surface area contributed by atoms with Gasteiger partial charge in [0.05, 0.1) is 23.7 Å². The van der Waals surface area contributed by atoms with Crippen LogP contribution in [0.4, 0.5) is 5.69 Å². The molecule has 4 rings (SSSR count). The van der Waals surface area contributed by atoms with Crippen molar-refractivity contribution in [2.24, 2.45) is 0 Å². The van der Waals surface area contributed by atoms with Crippen LogP contribution in [0.5, 0.6) is 5.75 Å². The quantitative estimate of drug-likeness (QED) is 0.353. The number of rotatable bonds is 8. The SMILES string of the molecule is COc1ccc(S(=O)(=O)NC(c2ccccc2)c2ccccc2)cc1NC(=O)c1ccc(C)cc1. The Labute approximate surface area is 205 Å². The van der Waals surface area contributed by atoms with Gasteiger partial charge in [-0.05, 0) is 48.4 Å². The van der Waals surface area contributed by atoms with Crippen LogP contribution in [0.2, 0.25) is 0 Å². The zero-order valence-corrected chi connectivity index (χ0v) is 20.3. The summed E-state index contributed by atoms with van der Waals surface area (Å²) in [6.07, 6.45) is 0. The van der Waals surface area contributed by atoms with E-state index in [1.165, 1.54) is 25.3 Å². The molecule has 2 N–H and O–H groups in total. The van der Waals surface area contributed by atoms with E-state index >= 15 is 0 Å². The number of aryl methyl sites for hydroxylation is 1. The highest BCUT2D eigenvalue weighted by Crippen LogP contribution is 2.30. The van der Waals surface area contributed by atoms with Crippen LogP contribution in [0, 0.1) is 6.92 Å². The third-order valence-corrected chi connectivity index (χ3v) is 7.00. The molecule has 0 saturated carbocycles. The van der Waals surface area contributed by atoms with Crippen molar-refractivity contribution < 1.29 is 17.9 Å². The Hall–Kier alpha value is -3.94. The van der Waals surface area contributed by atoms with Crippen molar-refractivity contribution in [2.75, 3.05) is 12.4 Å². The highest BCUT2D eigenvalue weighted by atomic mass is 32.2. The molecule has 35 heavy (non-hydrogen) atoms. The fraction of sp³-hybridized carbons (Fsp3) is 0.107. The maximum Gasteiger partial charge on any atom is 0.255 e. The third-order valence-electron chi connectivity index (χ3n) is 5.58. The lowest BCUT2D eigenvalue weighted by Crippen LogP contribution is -2.29. The number of hydrogen-bond donors (Lipinski definition) is 2. The summed E-state index contributed by atoms with van der Waals surface area (Å²) in [5.41, 5.74) is 3.37. The number of carbonyl (C=O) groups excluding carboxylic acids is 1. The van der Waals surface area contributed by atoms with Crippen molar-refractivity contribution in [3.8, 4) is 5.75 Å². The molecule has 6 nitrogen and oxygen atoms in total. The maximum atomic E-state index is 13.5. The van der Waals surface area contributed by atoms with E-state index in [1.54, 1.807) is 12.1 Å². The van der Waals surface area contributed by atoms with Crippen LogP contribution in [0.25, 0.3) is 0 Å². The van der Waals surface area contributed by atoms with Gasteiger partial charge in [-0.2, -0.15) is 4.72 Å². The first-order valence-electron chi connectivity index (χ1n) is 11.1. The van der Waals surface area contributed by atoms with Crippen LogP contribution in [-0.4, -0.2) is 21.4 Å². The van der Waals surface area contributed by atoms with E-state index in [4.69, 9.17) is 4.74 Å². The van der Waals surface area contributed by atoms with Gasteiger partial charge in [-0.3, -0.25) is 4.79 Å². The molecule has 0 heterocycles. The first kappa shape index (κ1) is 24.2. The predicted octanol–water partition coefficient (Wildman–Crippen LogP) is 5.32. The van der Waals surface area contributed by atoms with Gasteiger partial charge < -0.3 is 10.1 Å². The lowest BCUT2D eigenvalue weighted by Gasteiger charge is -2.20. The molecule has 0 aliphatic rings. The van der Waals surface area contributed by atoms with Crippen molar-refractivity contribution in [2.45, 2.75) is 17.9 Å². The first-order chi connectivity index (χ1) is 16.9. The number of anilines is 1. The number of sulfonamides is 1. The van der Waals surface area contributed by atoms with Gasteiger partial charge in [0.15, 0.2) is 0 Å². The van der Waals surface area contributed by atoms with Crippen molar-refractivity contribution in [3.63, 3.8) is 0 Å². The Bertz CT molecular complexity index is 1370. The van der Waals surface area contributed by atoms with E-state index in [1.807, 2.05) is 79.7 Å². The fourth-order valence-electron chi connectivity index (χ4n) is 3.69. The summed E-state index contributed by atoms with van der Waals surface area (Å²) in [5.74, 6) is -0.00987. The number of ether oxygens (including phenoxy) is 1. The number of methoxy groups -OCH3 is 1. The van der Waals surface area contributed by atoms with E-state index < -0.39 is 16.1 Å². The van der Waals surface area contributed by atoms with E-state index in [2.05, 4.69) is 10.0 Å². The van der Waals surface area contributed by atoms with Gasteiger partial charge in [-0.1, -0.05) is 78.4 Å². The first-order valence-corrected chi connectivity index (χ1v) is 12.5. The van der Waals surface area contributed by atoms with E-state index in [0.29, 0.717) is 11.3 Å². The van der Waals surface area contributed by atoms with E-state index in [0.717, 1.165) is 16.7 Å². The number of benzene rings is 4. The Morgan fingerprint density at radius 2 is 1.37 bits per heavy atom. The summed E-state index contributed by atoms with van der Waals surface area (Å²) in [7, 11) is -2.50. The van der Waals surface area contributed by atoms with Crippen molar-refractivity contribution >= 4 is 21.6 Å². The van der Waals surface area contributed by atoms with Crippen LogP contribution in [0.1, 0.15) is 33.1 Å². The van der Waals surface area contributed by atoms with Crippen LogP contribution >= 0.6 is 0 Å². The summed E-state index contributed by atoms with van der Waals surface area (Å²) in [5, 5.41) is 2.77. The molecule has 0 aliphatic carbocycles. The molecule has 0 bridgehead atoms. The Balaban J connectivity index is 1.66. The minimum absolute atomic E-state index is 0.00867. The summed E-state index contributed by atoms with van der Waals surface area (Å²) in [6, 6.07) is 29.6. The topological polar surface area (TPSA) is 84.5 Å². The normalized spacial score (nSPS) is 11.3. The molecule has 0 unspecified atom stereocenters. The van der Waals surface area contributed by atoms with Gasteiger partial charge >= 0.3 is 0 Å². The molecule has 4 aromatic carbocycles. The number of nitrogens with one attached hydrogen (secondary N) is 2. The van der Waals surface area contributed by atoms with Gasteiger partial charge in [-0.15, -0.1) is 0 Å². The van der Waals surface area contributed by atoms with Crippen molar-refractivity contribution in [1.82, 2.24) is 4.72 Å².